The lowest BCUT2D eigenvalue weighted by atomic mass is 10.1. The van der Waals surface area contributed by atoms with Crippen LogP contribution in [-0.2, 0) is 6.54 Å². The highest BCUT2D eigenvalue weighted by Crippen LogP contribution is 2.16. The Labute approximate surface area is 171 Å². The maximum atomic E-state index is 5.52. The Hall–Kier alpha value is -3.35. The molecule has 2 N–H and O–H groups in total. The van der Waals surface area contributed by atoms with Gasteiger partial charge in [0.05, 0.1) is 18.3 Å². The summed E-state index contributed by atoms with van der Waals surface area (Å²) in [5.74, 6) is 1.39. The number of ether oxygens (including phenoxy) is 1. The van der Waals surface area contributed by atoms with Gasteiger partial charge in [0, 0.05) is 38.2 Å². The molecule has 1 atom stereocenters. The van der Waals surface area contributed by atoms with Crippen LogP contribution in [0.2, 0.25) is 0 Å². The van der Waals surface area contributed by atoms with Crippen LogP contribution in [0.4, 0.5) is 0 Å². The smallest absolute Gasteiger partial charge is 0.213 e. The van der Waals surface area contributed by atoms with Crippen LogP contribution in [0, 0.1) is 0 Å². The second-order valence-electron chi connectivity index (χ2n) is 6.69. The molecule has 0 aliphatic rings. The van der Waals surface area contributed by atoms with Crippen LogP contribution in [-0.4, -0.2) is 34.4 Å². The Morgan fingerprint density at radius 2 is 2.14 bits per heavy atom. The van der Waals surface area contributed by atoms with Crippen molar-refractivity contribution in [3.05, 3.63) is 72.2 Å². The van der Waals surface area contributed by atoms with Crippen molar-refractivity contribution >= 4 is 5.96 Å². The Kier molecular flexibility index (Phi) is 7.22. The summed E-state index contributed by atoms with van der Waals surface area (Å²) < 4.78 is 7.37. The first-order valence-corrected chi connectivity index (χ1v) is 9.84. The lowest BCUT2D eigenvalue weighted by Gasteiger charge is -2.19. The van der Waals surface area contributed by atoms with E-state index in [-0.39, 0.29) is 6.04 Å². The molecule has 0 saturated carbocycles. The molecule has 2 aromatic heterocycles. The number of hydrogen-bond donors (Lipinski definition) is 2. The number of pyridine rings is 1. The highest BCUT2D eigenvalue weighted by Gasteiger charge is 2.09. The number of aromatic nitrogens is 3. The molecule has 0 aliphatic carbocycles. The lowest BCUT2D eigenvalue weighted by molar-refractivity contribution is 0.305. The van der Waals surface area contributed by atoms with E-state index in [9.17, 15) is 0 Å². The summed E-state index contributed by atoms with van der Waals surface area (Å²) in [7, 11) is 1.77. The molecule has 0 aliphatic heterocycles. The van der Waals surface area contributed by atoms with Gasteiger partial charge in [0.25, 0.3) is 0 Å². The molecular formula is C22H28N6O. The average Bonchev–Trinajstić information content (AvgIpc) is 3.31. The van der Waals surface area contributed by atoms with Crippen LogP contribution in [0.25, 0.3) is 5.69 Å². The lowest BCUT2D eigenvalue weighted by Crippen LogP contribution is -2.38. The summed E-state index contributed by atoms with van der Waals surface area (Å²) >= 11 is 0. The normalized spacial score (nSPS) is 12.4. The standard InChI is InChI=1S/C22H28N6O/c1-4-13-29-21-10-9-18(15-24-21)16-25-22(23-3)27-17(2)19-7-5-8-20(14-19)28-12-6-11-26-28/h5-12,14-15,17H,4,13,16H2,1-3H3,(H2,23,25,27). The van der Waals surface area contributed by atoms with Gasteiger partial charge in [-0.15, -0.1) is 0 Å². The fraction of sp³-hybridized carbons (Fsp3) is 0.318. The Morgan fingerprint density at radius 3 is 2.83 bits per heavy atom. The maximum Gasteiger partial charge on any atom is 0.213 e. The molecule has 29 heavy (non-hydrogen) atoms. The van der Waals surface area contributed by atoms with Gasteiger partial charge >= 0.3 is 0 Å². The van der Waals surface area contributed by atoms with Crippen molar-refractivity contribution in [2.75, 3.05) is 13.7 Å². The van der Waals surface area contributed by atoms with E-state index in [0.717, 1.165) is 29.2 Å². The zero-order chi connectivity index (χ0) is 20.5. The number of aliphatic imine (C=N–C) groups is 1. The molecule has 2 heterocycles. The SMILES string of the molecule is CCCOc1ccc(CNC(=NC)NC(C)c2cccc(-n3cccn3)c2)cn1. The van der Waals surface area contributed by atoms with E-state index in [0.29, 0.717) is 19.0 Å². The van der Waals surface area contributed by atoms with Gasteiger partial charge in [-0.3, -0.25) is 4.99 Å². The third-order valence-electron chi connectivity index (χ3n) is 4.43. The zero-order valence-electron chi connectivity index (χ0n) is 17.2. The van der Waals surface area contributed by atoms with E-state index < -0.39 is 0 Å². The molecule has 7 nitrogen and oxygen atoms in total. The number of hydrogen-bond acceptors (Lipinski definition) is 4. The largest absolute Gasteiger partial charge is 0.478 e. The minimum Gasteiger partial charge on any atom is -0.478 e. The molecule has 1 unspecified atom stereocenters. The molecule has 1 aromatic carbocycles. The van der Waals surface area contributed by atoms with Crippen LogP contribution in [0.1, 0.15) is 37.4 Å². The minimum atomic E-state index is 0.0830. The van der Waals surface area contributed by atoms with E-state index in [2.05, 4.69) is 51.7 Å². The summed E-state index contributed by atoms with van der Waals surface area (Å²) in [5, 5.41) is 11.1. The van der Waals surface area contributed by atoms with Gasteiger partial charge < -0.3 is 15.4 Å². The van der Waals surface area contributed by atoms with E-state index in [1.807, 2.05) is 47.4 Å². The Morgan fingerprint density at radius 1 is 1.24 bits per heavy atom. The summed E-state index contributed by atoms with van der Waals surface area (Å²) in [4.78, 5) is 8.66. The minimum absolute atomic E-state index is 0.0830. The van der Waals surface area contributed by atoms with Crippen LogP contribution in [0.15, 0.2) is 66.0 Å². The number of benzene rings is 1. The molecule has 3 rings (SSSR count). The van der Waals surface area contributed by atoms with E-state index in [1.54, 1.807) is 13.2 Å². The first-order chi connectivity index (χ1) is 14.2. The van der Waals surface area contributed by atoms with Crippen LogP contribution >= 0.6 is 0 Å². The van der Waals surface area contributed by atoms with Crippen LogP contribution in [0.5, 0.6) is 5.88 Å². The van der Waals surface area contributed by atoms with Gasteiger partial charge in [-0.25, -0.2) is 9.67 Å². The van der Waals surface area contributed by atoms with E-state index in [1.165, 1.54) is 0 Å². The number of nitrogens with one attached hydrogen (secondary N) is 2. The Bertz CT molecular complexity index is 905. The first-order valence-electron chi connectivity index (χ1n) is 9.84. The first kappa shape index (κ1) is 20.4. The fourth-order valence-corrected chi connectivity index (χ4v) is 2.83. The number of nitrogens with zero attached hydrogens (tertiary/aromatic N) is 4. The predicted molar refractivity (Wildman–Crippen MR) is 115 cm³/mol. The van der Waals surface area contributed by atoms with E-state index in [4.69, 9.17) is 4.74 Å². The monoisotopic (exact) mass is 392 g/mol. The van der Waals surface area contributed by atoms with Gasteiger partial charge in [0.2, 0.25) is 5.88 Å². The van der Waals surface area contributed by atoms with Crippen LogP contribution < -0.4 is 15.4 Å². The van der Waals surface area contributed by atoms with Gasteiger partial charge in [-0.2, -0.15) is 5.10 Å². The fourth-order valence-electron chi connectivity index (χ4n) is 2.83. The molecule has 0 saturated heterocycles. The molecule has 0 amide bonds. The van der Waals surface area contributed by atoms with Crippen molar-refractivity contribution in [2.45, 2.75) is 32.9 Å². The van der Waals surface area contributed by atoms with Gasteiger partial charge in [-0.05, 0) is 42.7 Å². The number of rotatable bonds is 8. The summed E-state index contributed by atoms with van der Waals surface area (Å²) in [5.41, 5.74) is 3.24. The molecule has 0 bridgehead atoms. The molecular weight excluding hydrogens is 364 g/mol. The third kappa shape index (κ3) is 5.81. The second-order valence-corrected chi connectivity index (χ2v) is 6.69. The topological polar surface area (TPSA) is 76.4 Å². The summed E-state index contributed by atoms with van der Waals surface area (Å²) in [6.45, 7) is 5.49. The highest BCUT2D eigenvalue weighted by molar-refractivity contribution is 5.80. The molecule has 0 radical (unpaired) electrons. The predicted octanol–water partition coefficient (Wildman–Crippen LogP) is 3.48. The van der Waals surface area contributed by atoms with Crippen molar-refractivity contribution in [1.82, 2.24) is 25.4 Å². The number of guanidine groups is 1. The maximum absolute atomic E-state index is 5.52. The Balaban J connectivity index is 1.56. The molecule has 0 spiro atoms. The molecule has 152 valence electrons. The molecule has 0 fully saturated rings. The second kappa shape index (κ2) is 10.3. The highest BCUT2D eigenvalue weighted by atomic mass is 16.5. The van der Waals surface area contributed by atoms with Crippen molar-refractivity contribution in [2.24, 2.45) is 4.99 Å². The quantitative estimate of drug-likeness (QED) is 0.453. The molecule has 3 aromatic rings. The van der Waals surface area contributed by atoms with Gasteiger partial charge in [0.15, 0.2) is 5.96 Å². The van der Waals surface area contributed by atoms with Gasteiger partial charge in [-0.1, -0.05) is 25.1 Å². The van der Waals surface area contributed by atoms with Crippen molar-refractivity contribution < 1.29 is 4.74 Å². The summed E-state index contributed by atoms with van der Waals surface area (Å²) in [6, 6.07) is 14.2. The van der Waals surface area contributed by atoms with Crippen molar-refractivity contribution in [1.29, 1.82) is 0 Å². The van der Waals surface area contributed by atoms with E-state index >= 15 is 0 Å². The van der Waals surface area contributed by atoms with Crippen LogP contribution in [0.3, 0.4) is 0 Å². The summed E-state index contributed by atoms with van der Waals surface area (Å²) in [6.07, 6.45) is 6.50. The molecule has 7 heteroatoms. The van der Waals surface area contributed by atoms with Crippen molar-refractivity contribution in [3.63, 3.8) is 0 Å². The third-order valence-corrected chi connectivity index (χ3v) is 4.43. The average molecular weight is 393 g/mol. The van der Waals surface area contributed by atoms with Crippen molar-refractivity contribution in [3.8, 4) is 11.6 Å². The zero-order valence-corrected chi connectivity index (χ0v) is 17.2. The van der Waals surface area contributed by atoms with Gasteiger partial charge in [0.1, 0.15) is 0 Å².